The minimum absolute atomic E-state index is 0.195. The van der Waals surface area contributed by atoms with Crippen molar-refractivity contribution in [2.45, 2.75) is 5.92 Å². The van der Waals surface area contributed by atoms with E-state index >= 15 is 0 Å². The number of aromatic nitrogens is 1. The highest BCUT2D eigenvalue weighted by atomic mass is 19.3. The Morgan fingerprint density at radius 2 is 2.29 bits per heavy atom. The fourth-order valence-electron chi connectivity index (χ4n) is 0.834. The van der Waals surface area contributed by atoms with E-state index in [1.165, 1.54) is 6.20 Å². The summed E-state index contributed by atoms with van der Waals surface area (Å²) >= 11 is 0. The Kier molecular flexibility index (Phi) is 3.19. The van der Waals surface area contributed by atoms with Crippen molar-refractivity contribution >= 4 is 11.5 Å². The van der Waals surface area contributed by atoms with Gasteiger partial charge in [0.15, 0.2) is 0 Å². The number of hydrogen-bond acceptors (Lipinski definition) is 4. The molecular formula is C8H11F2N3O. The van der Waals surface area contributed by atoms with Crippen LogP contribution in [0.5, 0.6) is 0 Å². The van der Waals surface area contributed by atoms with E-state index in [2.05, 4.69) is 10.3 Å². The zero-order valence-electron chi connectivity index (χ0n) is 7.37. The topological polar surface area (TPSA) is 71.2 Å². The average molecular weight is 203 g/mol. The van der Waals surface area contributed by atoms with Gasteiger partial charge in [0.2, 0.25) is 0 Å². The van der Waals surface area contributed by atoms with Gasteiger partial charge in [0.25, 0.3) is 5.92 Å². The van der Waals surface area contributed by atoms with Crippen molar-refractivity contribution in [3.8, 4) is 0 Å². The minimum atomic E-state index is -3.16. The van der Waals surface area contributed by atoms with Crippen LogP contribution in [0.3, 0.4) is 0 Å². The maximum Gasteiger partial charge on any atom is 0.287 e. The first-order valence-electron chi connectivity index (χ1n) is 3.98. The van der Waals surface area contributed by atoms with Crippen molar-refractivity contribution in [3.05, 3.63) is 18.3 Å². The Balaban J connectivity index is 2.58. The largest absolute Gasteiger partial charge is 0.396 e. The summed E-state index contributed by atoms with van der Waals surface area (Å²) in [4.78, 5) is 3.76. The van der Waals surface area contributed by atoms with Crippen LogP contribution in [0.15, 0.2) is 18.3 Å². The van der Waals surface area contributed by atoms with Crippen LogP contribution in [0, 0.1) is 0 Å². The molecule has 1 heterocycles. The van der Waals surface area contributed by atoms with E-state index in [4.69, 9.17) is 10.8 Å². The van der Waals surface area contributed by atoms with Gasteiger partial charge >= 0.3 is 0 Å². The molecule has 4 N–H and O–H groups in total. The molecule has 0 atom stereocenters. The average Bonchev–Trinajstić information content (AvgIpc) is 2.17. The predicted octanol–water partition coefficient (Wildman–Crippen LogP) is 0.703. The molecule has 4 nitrogen and oxygen atoms in total. The molecule has 1 aromatic rings. The van der Waals surface area contributed by atoms with Gasteiger partial charge in [-0.1, -0.05) is 0 Å². The first-order chi connectivity index (χ1) is 6.55. The number of anilines is 2. The van der Waals surface area contributed by atoms with Gasteiger partial charge in [-0.2, -0.15) is 0 Å². The number of aliphatic hydroxyl groups is 1. The zero-order chi connectivity index (χ0) is 10.6. The third-order valence-corrected chi connectivity index (χ3v) is 1.58. The van der Waals surface area contributed by atoms with Crippen molar-refractivity contribution in [2.75, 3.05) is 24.2 Å². The summed E-state index contributed by atoms with van der Waals surface area (Å²) in [7, 11) is 0. The molecule has 1 aromatic heterocycles. The summed E-state index contributed by atoms with van der Waals surface area (Å²) in [5.41, 5.74) is 5.75. The van der Waals surface area contributed by atoms with Crippen molar-refractivity contribution in [1.29, 1.82) is 0 Å². The second kappa shape index (κ2) is 4.19. The van der Waals surface area contributed by atoms with E-state index in [1.54, 1.807) is 12.1 Å². The quantitative estimate of drug-likeness (QED) is 0.673. The molecule has 0 saturated heterocycles. The van der Waals surface area contributed by atoms with Gasteiger partial charge in [-0.05, 0) is 12.1 Å². The Morgan fingerprint density at radius 3 is 2.86 bits per heavy atom. The second-order valence-electron chi connectivity index (χ2n) is 2.81. The van der Waals surface area contributed by atoms with E-state index in [9.17, 15) is 8.78 Å². The van der Waals surface area contributed by atoms with Gasteiger partial charge in [-0.3, -0.25) is 0 Å². The van der Waals surface area contributed by atoms with Gasteiger partial charge in [0.05, 0.1) is 12.2 Å². The third-order valence-electron chi connectivity index (χ3n) is 1.58. The molecule has 14 heavy (non-hydrogen) atoms. The normalized spacial score (nSPS) is 11.4. The van der Waals surface area contributed by atoms with Crippen LogP contribution in [0.25, 0.3) is 0 Å². The molecule has 1 rings (SSSR count). The highest BCUT2D eigenvalue weighted by Gasteiger charge is 2.27. The van der Waals surface area contributed by atoms with Crippen molar-refractivity contribution in [1.82, 2.24) is 4.98 Å². The van der Waals surface area contributed by atoms with Crippen molar-refractivity contribution in [3.63, 3.8) is 0 Å². The molecule has 0 unspecified atom stereocenters. The lowest BCUT2D eigenvalue weighted by molar-refractivity contribution is -0.0373. The van der Waals surface area contributed by atoms with E-state index in [0.29, 0.717) is 5.69 Å². The SMILES string of the molecule is Nc1cccnc1NCC(F)(F)CO. The number of halogens is 2. The molecule has 0 spiro atoms. The number of aliphatic hydroxyl groups excluding tert-OH is 1. The van der Waals surface area contributed by atoms with Crippen LogP contribution in [0.2, 0.25) is 0 Å². The first-order valence-corrected chi connectivity index (χ1v) is 3.98. The van der Waals surface area contributed by atoms with E-state index < -0.39 is 19.1 Å². The lowest BCUT2D eigenvalue weighted by Crippen LogP contribution is -2.31. The molecule has 0 aliphatic carbocycles. The van der Waals surface area contributed by atoms with Gasteiger partial charge in [-0.25, -0.2) is 13.8 Å². The molecule has 0 aliphatic rings. The summed E-state index contributed by atoms with van der Waals surface area (Å²) in [6.07, 6.45) is 1.44. The summed E-state index contributed by atoms with van der Waals surface area (Å²) in [5.74, 6) is -2.97. The molecule has 0 saturated carbocycles. The van der Waals surface area contributed by atoms with E-state index in [-0.39, 0.29) is 5.82 Å². The Hall–Kier alpha value is -1.43. The van der Waals surface area contributed by atoms with Gasteiger partial charge in [0.1, 0.15) is 12.4 Å². The molecule has 78 valence electrons. The summed E-state index contributed by atoms with van der Waals surface area (Å²) < 4.78 is 25.2. The maximum absolute atomic E-state index is 12.6. The van der Waals surface area contributed by atoms with Crippen LogP contribution < -0.4 is 11.1 Å². The summed E-state index contributed by atoms with van der Waals surface area (Å²) in [6.45, 7) is -1.89. The molecular weight excluding hydrogens is 192 g/mol. The van der Waals surface area contributed by atoms with E-state index in [0.717, 1.165) is 0 Å². The van der Waals surface area contributed by atoms with E-state index in [1.807, 2.05) is 0 Å². The van der Waals surface area contributed by atoms with Crippen LogP contribution >= 0.6 is 0 Å². The molecule has 0 fully saturated rings. The number of nitrogens with one attached hydrogen (secondary N) is 1. The molecule has 0 bridgehead atoms. The number of nitrogens with zero attached hydrogens (tertiary/aromatic N) is 1. The monoisotopic (exact) mass is 203 g/mol. The number of nitrogen functional groups attached to an aromatic ring is 1. The van der Waals surface area contributed by atoms with Crippen LogP contribution in [-0.2, 0) is 0 Å². The highest BCUT2D eigenvalue weighted by Crippen LogP contribution is 2.17. The Morgan fingerprint density at radius 1 is 1.57 bits per heavy atom. The zero-order valence-corrected chi connectivity index (χ0v) is 7.37. The van der Waals surface area contributed by atoms with Crippen LogP contribution in [-0.4, -0.2) is 29.2 Å². The molecule has 6 heteroatoms. The fourth-order valence-corrected chi connectivity index (χ4v) is 0.834. The first kappa shape index (κ1) is 10.6. The summed E-state index contributed by atoms with van der Waals surface area (Å²) in [5, 5.41) is 10.7. The van der Waals surface area contributed by atoms with Crippen molar-refractivity contribution in [2.24, 2.45) is 0 Å². The molecule has 0 aromatic carbocycles. The number of nitrogens with two attached hydrogens (primary N) is 1. The lowest BCUT2D eigenvalue weighted by Gasteiger charge is -2.14. The smallest absolute Gasteiger partial charge is 0.287 e. The number of alkyl halides is 2. The van der Waals surface area contributed by atoms with Crippen molar-refractivity contribution < 1.29 is 13.9 Å². The van der Waals surface area contributed by atoms with Gasteiger partial charge < -0.3 is 16.2 Å². The minimum Gasteiger partial charge on any atom is -0.396 e. The number of pyridine rings is 1. The van der Waals surface area contributed by atoms with Gasteiger partial charge in [0, 0.05) is 6.20 Å². The molecule has 0 amide bonds. The second-order valence-corrected chi connectivity index (χ2v) is 2.81. The standard InChI is InChI=1S/C8H11F2N3O/c9-8(10,5-14)4-13-7-6(11)2-1-3-12-7/h1-3,14H,4-5,11H2,(H,12,13). The fraction of sp³-hybridized carbons (Fsp3) is 0.375. The summed E-state index contributed by atoms with van der Waals surface area (Å²) in [6, 6.07) is 3.15. The molecule has 0 radical (unpaired) electrons. The Labute approximate surface area is 79.8 Å². The predicted molar refractivity (Wildman–Crippen MR) is 49.2 cm³/mol. The number of hydrogen-bond donors (Lipinski definition) is 3. The highest BCUT2D eigenvalue weighted by molar-refractivity contribution is 5.60. The lowest BCUT2D eigenvalue weighted by atomic mass is 10.3. The van der Waals surface area contributed by atoms with Crippen LogP contribution in [0.1, 0.15) is 0 Å². The Bertz CT molecular complexity index is 306. The molecule has 0 aliphatic heterocycles. The maximum atomic E-state index is 12.6. The van der Waals surface area contributed by atoms with Crippen LogP contribution in [0.4, 0.5) is 20.3 Å². The third kappa shape index (κ3) is 2.81. The van der Waals surface area contributed by atoms with Gasteiger partial charge in [-0.15, -0.1) is 0 Å². The number of rotatable bonds is 4.